The van der Waals surface area contributed by atoms with Gasteiger partial charge in [0.2, 0.25) is 0 Å². The first-order chi connectivity index (χ1) is 13.7. The van der Waals surface area contributed by atoms with Crippen molar-refractivity contribution in [2.75, 3.05) is 16.6 Å². The van der Waals surface area contributed by atoms with Crippen LogP contribution in [0.5, 0.6) is 0 Å². The van der Waals surface area contributed by atoms with Crippen LogP contribution >= 0.6 is 0 Å². The Bertz CT molecular complexity index is 1090. The Morgan fingerprint density at radius 3 is 2.38 bits per heavy atom. The molecular weight excluding hydrogens is 400 g/mol. The maximum absolute atomic E-state index is 13.3. The summed E-state index contributed by atoms with van der Waals surface area (Å²) in [6.07, 6.45) is 0.374. The van der Waals surface area contributed by atoms with Crippen molar-refractivity contribution in [3.63, 3.8) is 0 Å². The van der Waals surface area contributed by atoms with Gasteiger partial charge in [0.1, 0.15) is 10.7 Å². The Balaban J connectivity index is 1.64. The van der Waals surface area contributed by atoms with Crippen molar-refractivity contribution in [2.45, 2.75) is 17.9 Å². The van der Waals surface area contributed by atoms with E-state index in [9.17, 15) is 22.3 Å². The third-order valence-electron chi connectivity index (χ3n) is 4.16. The first kappa shape index (κ1) is 20.7. The van der Waals surface area contributed by atoms with Gasteiger partial charge in [0, 0.05) is 18.8 Å². The van der Waals surface area contributed by atoms with Gasteiger partial charge in [-0.05, 0) is 36.8 Å². The fraction of sp³-hybridized carbons (Fsp3) is 0.150. The lowest BCUT2D eigenvalue weighted by molar-refractivity contribution is 0.191. The Morgan fingerprint density at radius 1 is 1.03 bits per heavy atom. The van der Waals surface area contributed by atoms with Crippen molar-refractivity contribution in [3.05, 3.63) is 83.6 Å². The topological polar surface area (TPSA) is 91.3 Å². The molecule has 3 rings (SSSR count). The molecule has 0 fully saturated rings. The molecular formula is C20H19F2N3O3S. The number of sulfonamides is 1. The van der Waals surface area contributed by atoms with Crippen molar-refractivity contribution in [3.8, 4) is 0 Å². The maximum Gasteiger partial charge on any atom is 0.263 e. The maximum atomic E-state index is 13.3. The summed E-state index contributed by atoms with van der Waals surface area (Å²) in [4.78, 5) is 3.88. The Hall–Kier alpha value is -3.04. The van der Waals surface area contributed by atoms with E-state index >= 15 is 0 Å². The molecule has 3 N–H and O–H groups in total. The van der Waals surface area contributed by atoms with Gasteiger partial charge in [0.15, 0.2) is 11.6 Å². The van der Waals surface area contributed by atoms with Crippen LogP contribution in [-0.4, -0.2) is 25.1 Å². The molecule has 0 amide bonds. The monoisotopic (exact) mass is 419 g/mol. The van der Waals surface area contributed by atoms with E-state index in [1.54, 1.807) is 0 Å². The number of pyridine rings is 1. The largest absolute Gasteiger partial charge is 0.387 e. The normalized spacial score (nSPS) is 12.4. The van der Waals surface area contributed by atoms with Crippen molar-refractivity contribution in [1.82, 2.24) is 4.98 Å². The lowest BCUT2D eigenvalue weighted by atomic mass is 10.1. The minimum atomic E-state index is -4.02. The summed E-state index contributed by atoms with van der Waals surface area (Å²) in [7, 11) is -4.02. The highest BCUT2D eigenvalue weighted by atomic mass is 32.2. The van der Waals surface area contributed by atoms with Crippen molar-refractivity contribution < 1.29 is 22.3 Å². The van der Waals surface area contributed by atoms with Gasteiger partial charge in [-0.25, -0.2) is 22.2 Å². The molecule has 0 aliphatic rings. The molecule has 9 heteroatoms. The molecule has 152 valence electrons. The fourth-order valence-electron chi connectivity index (χ4n) is 2.53. The number of nitrogens with one attached hydrogen (secondary N) is 2. The van der Waals surface area contributed by atoms with Gasteiger partial charge in [-0.2, -0.15) is 0 Å². The third kappa shape index (κ3) is 5.27. The summed E-state index contributed by atoms with van der Waals surface area (Å²) in [5, 5.41) is 13.1. The van der Waals surface area contributed by atoms with Crippen LogP contribution in [0.1, 0.15) is 17.2 Å². The fourth-order valence-corrected chi connectivity index (χ4v) is 3.52. The Labute approximate surface area is 167 Å². The SMILES string of the molecule is Cc1ccc(C(O)CNc2ccc(S(=O)(=O)Nc3ccc(F)c(F)c3)cn2)cc1. The molecule has 3 aromatic rings. The number of halogens is 2. The third-order valence-corrected chi connectivity index (χ3v) is 5.52. The van der Waals surface area contributed by atoms with E-state index in [4.69, 9.17) is 0 Å². The predicted octanol–water partition coefficient (Wildman–Crippen LogP) is 3.61. The number of nitrogens with zero attached hydrogens (tertiary/aromatic N) is 1. The number of aliphatic hydroxyl groups is 1. The second kappa shape index (κ2) is 8.54. The van der Waals surface area contributed by atoms with Gasteiger partial charge in [-0.1, -0.05) is 29.8 Å². The Morgan fingerprint density at radius 2 is 1.76 bits per heavy atom. The zero-order valence-corrected chi connectivity index (χ0v) is 16.2. The van der Waals surface area contributed by atoms with Crippen LogP contribution < -0.4 is 10.0 Å². The van der Waals surface area contributed by atoms with Gasteiger partial charge in [-0.3, -0.25) is 4.72 Å². The molecule has 1 unspecified atom stereocenters. The van der Waals surface area contributed by atoms with E-state index in [2.05, 4.69) is 15.0 Å². The lowest BCUT2D eigenvalue weighted by Gasteiger charge is -2.13. The molecule has 29 heavy (non-hydrogen) atoms. The summed E-state index contributed by atoms with van der Waals surface area (Å²) in [6.45, 7) is 2.14. The van der Waals surface area contributed by atoms with Crippen molar-refractivity contribution in [2.24, 2.45) is 0 Å². The average Bonchev–Trinajstić information content (AvgIpc) is 2.69. The number of benzene rings is 2. The summed E-state index contributed by atoms with van der Waals surface area (Å²) >= 11 is 0. The van der Waals surface area contributed by atoms with Gasteiger partial charge < -0.3 is 10.4 Å². The minimum absolute atomic E-state index is 0.104. The van der Waals surface area contributed by atoms with Crippen LogP contribution in [0.2, 0.25) is 0 Å². The number of aliphatic hydroxyl groups excluding tert-OH is 1. The van der Waals surface area contributed by atoms with E-state index in [0.29, 0.717) is 5.82 Å². The summed E-state index contributed by atoms with van der Waals surface area (Å²) in [5.41, 5.74) is 1.73. The van der Waals surface area contributed by atoms with E-state index in [0.717, 1.165) is 35.5 Å². The molecule has 1 atom stereocenters. The molecule has 2 aromatic carbocycles. The first-order valence-corrected chi connectivity index (χ1v) is 10.2. The molecule has 1 heterocycles. The Kier molecular flexibility index (Phi) is 6.09. The number of hydrogen-bond donors (Lipinski definition) is 3. The summed E-state index contributed by atoms with van der Waals surface area (Å²) in [6, 6.07) is 12.9. The van der Waals surface area contributed by atoms with E-state index in [1.165, 1.54) is 12.1 Å². The van der Waals surface area contributed by atoms with Crippen LogP contribution in [-0.2, 0) is 10.0 Å². The van der Waals surface area contributed by atoms with Crippen LogP contribution in [0.15, 0.2) is 65.7 Å². The van der Waals surface area contributed by atoms with Gasteiger partial charge >= 0.3 is 0 Å². The molecule has 0 saturated carbocycles. The van der Waals surface area contributed by atoms with Crippen molar-refractivity contribution >= 4 is 21.5 Å². The number of aryl methyl sites for hydroxylation is 1. The molecule has 0 bridgehead atoms. The molecule has 6 nitrogen and oxygen atoms in total. The minimum Gasteiger partial charge on any atom is -0.387 e. The van der Waals surface area contributed by atoms with E-state index in [1.807, 2.05) is 31.2 Å². The predicted molar refractivity (Wildman–Crippen MR) is 106 cm³/mol. The zero-order valence-electron chi connectivity index (χ0n) is 15.4. The number of anilines is 2. The summed E-state index contributed by atoms with van der Waals surface area (Å²) < 4.78 is 53.1. The van der Waals surface area contributed by atoms with Crippen LogP contribution in [0.25, 0.3) is 0 Å². The van der Waals surface area contributed by atoms with Crippen LogP contribution in [0.3, 0.4) is 0 Å². The van der Waals surface area contributed by atoms with Gasteiger partial charge in [0.05, 0.1) is 11.8 Å². The number of aromatic nitrogens is 1. The van der Waals surface area contributed by atoms with Gasteiger partial charge in [0.25, 0.3) is 10.0 Å². The van der Waals surface area contributed by atoms with Crippen LogP contribution in [0.4, 0.5) is 20.3 Å². The molecule has 0 spiro atoms. The highest BCUT2D eigenvalue weighted by molar-refractivity contribution is 7.92. The highest BCUT2D eigenvalue weighted by Crippen LogP contribution is 2.19. The zero-order chi connectivity index (χ0) is 21.0. The van der Waals surface area contributed by atoms with Gasteiger partial charge in [-0.15, -0.1) is 0 Å². The highest BCUT2D eigenvalue weighted by Gasteiger charge is 2.16. The standard InChI is InChI=1S/C20H19F2N3O3S/c1-13-2-4-14(5-3-13)19(26)12-24-20-9-7-16(11-23-20)29(27,28)25-15-6-8-17(21)18(22)10-15/h2-11,19,25-26H,12H2,1H3,(H,23,24). The number of rotatable bonds is 7. The van der Waals surface area contributed by atoms with E-state index < -0.39 is 27.8 Å². The van der Waals surface area contributed by atoms with Crippen molar-refractivity contribution in [1.29, 1.82) is 0 Å². The number of hydrogen-bond acceptors (Lipinski definition) is 5. The average molecular weight is 419 g/mol. The summed E-state index contributed by atoms with van der Waals surface area (Å²) in [5.74, 6) is -1.85. The van der Waals surface area contributed by atoms with Crippen LogP contribution in [0, 0.1) is 18.6 Å². The molecule has 0 aliphatic heterocycles. The molecule has 1 aromatic heterocycles. The lowest BCUT2D eigenvalue weighted by Crippen LogP contribution is -2.15. The second-order valence-electron chi connectivity index (χ2n) is 6.42. The quantitative estimate of drug-likeness (QED) is 0.544. The smallest absolute Gasteiger partial charge is 0.263 e. The molecule has 0 radical (unpaired) electrons. The second-order valence-corrected chi connectivity index (χ2v) is 8.10. The molecule has 0 saturated heterocycles. The first-order valence-electron chi connectivity index (χ1n) is 8.67. The van der Waals surface area contributed by atoms with E-state index in [-0.39, 0.29) is 17.1 Å². The molecule has 0 aliphatic carbocycles.